The number of amides is 1. The number of ether oxygens (including phenoxy) is 1. The van der Waals surface area contributed by atoms with Crippen LogP contribution in [0.4, 0.5) is 18.9 Å². The summed E-state index contributed by atoms with van der Waals surface area (Å²) in [6, 6.07) is 4.86. The molecule has 0 spiro atoms. The summed E-state index contributed by atoms with van der Waals surface area (Å²) in [5.41, 5.74) is 5.56. The Balaban J connectivity index is 0.00000289. The number of anilines is 1. The smallest absolute Gasteiger partial charge is 0.406 e. The van der Waals surface area contributed by atoms with Crippen LogP contribution >= 0.6 is 12.4 Å². The van der Waals surface area contributed by atoms with Crippen molar-refractivity contribution in [3.8, 4) is 5.75 Å². The number of carbonyl (C=O) groups is 1. The first kappa shape index (κ1) is 16.5. The van der Waals surface area contributed by atoms with Gasteiger partial charge in [0.1, 0.15) is 5.75 Å². The van der Waals surface area contributed by atoms with Crippen molar-refractivity contribution in [1.82, 2.24) is 0 Å². The molecule has 1 amide bonds. The fourth-order valence-electron chi connectivity index (χ4n) is 1.09. The molecule has 8 heteroatoms. The van der Waals surface area contributed by atoms with E-state index < -0.39 is 6.36 Å². The van der Waals surface area contributed by atoms with E-state index in [9.17, 15) is 18.0 Å². The van der Waals surface area contributed by atoms with E-state index in [1.54, 1.807) is 0 Å². The van der Waals surface area contributed by atoms with E-state index in [-0.39, 0.29) is 37.0 Å². The SMILES string of the molecule is Cl.NCCC(=O)Nc1ccc(OC(F)(F)F)cc1. The molecule has 1 aromatic carbocycles. The van der Waals surface area contributed by atoms with Crippen molar-refractivity contribution >= 4 is 24.0 Å². The number of alkyl halides is 3. The molecule has 0 aliphatic heterocycles. The molecule has 1 rings (SSSR count). The maximum atomic E-state index is 11.8. The molecule has 0 unspecified atom stereocenters. The van der Waals surface area contributed by atoms with E-state index >= 15 is 0 Å². The average Bonchev–Trinajstić information content (AvgIpc) is 2.19. The molecule has 18 heavy (non-hydrogen) atoms. The first-order chi connectivity index (χ1) is 7.90. The van der Waals surface area contributed by atoms with Gasteiger partial charge in [-0.05, 0) is 24.3 Å². The summed E-state index contributed by atoms with van der Waals surface area (Å²) in [5.74, 6) is -0.633. The molecule has 0 aliphatic rings. The van der Waals surface area contributed by atoms with Crippen molar-refractivity contribution in [3.63, 3.8) is 0 Å². The molecule has 0 aromatic heterocycles. The standard InChI is InChI=1S/C10H11F3N2O2.ClH/c11-10(12,13)17-8-3-1-7(2-4-8)15-9(16)5-6-14;/h1-4H,5-6,14H2,(H,15,16);1H. The predicted molar refractivity (Wildman–Crippen MR) is 62.7 cm³/mol. The van der Waals surface area contributed by atoms with Crippen LogP contribution in [0.3, 0.4) is 0 Å². The third-order valence-corrected chi connectivity index (χ3v) is 1.74. The number of nitrogens with two attached hydrogens (primary N) is 1. The Labute approximate surface area is 108 Å². The third-order valence-electron chi connectivity index (χ3n) is 1.74. The highest BCUT2D eigenvalue weighted by molar-refractivity contribution is 5.90. The van der Waals surface area contributed by atoms with Crippen LogP contribution in [0.25, 0.3) is 0 Å². The molecule has 0 bridgehead atoms. The minimum atomic E-state index is -4.72. The molecule has 0 atom stereocenters. The van der Waals surface area contributed by atoms with E-state index in [1.165, 1.54) is 12.1 Å². The van der Waals surface area contributed by atoms with Gasteiger partial charge in [0.2, 0.25) is 5.91 Å². The second-order valence-electron chi connectivity index (χ2n) is 3.16. The second-order valence-corrected chi connectivity index (χ2v) is 3.16. The topological polar surface area (TPSA) is 64.4 Å². The van der Waals surface area contributed by atoms with Crippen molar-refractivity contribution in [2.75, 3.05) is 11.9 Å². The van der Waals surface area contributed by atoms with Gasteiger partial charge >= 0.3 is 6.36 Å². The Kier molecular flexibility index (Phi) is 6.50. The fraction of sp³-hybridized carbons (Fsp3) is 0.300. The molecule has 3 N–H and O–H groups in total. The fourth-order valence-corrected chi connectivity index (χ4v) is 1.09. The van der Waals surface area contributed by atoms with E-state index in [2.05, 4.69) is 10.1 Å². The summed E-state index contributed by atoms with van der Waals surface area (Å²) in [6.45, 7) is 0.209. The number of hydrogen-bond donors (Lipinski definition) is 2. The zero-order valence-electron chi connectivity index (χ0n) is 9.16. The third kappa shape index (κ3) is 6.31. The number of hydrogen-bond acceptors (Lipinski definition) is 3. The van der Waals surface area contributed by atoms with Crippen LogP contribution in [0.2, 0.25) is 0 Å². The normalized spacial score (nSPS) is 10.4. The molecule has 0 fully saturated rings. The summed E-state index contributed by atoms with van der Waals surface area (Å²) in [6.07, 6.45) is -4.56. The second kappa shape index (κ2) is 7.07. The highest BCUT2D eigenvalue weighted by Crippen LogP contribution is 2.23. The molecule has 0 heterocycles. The van der Waals surface area contributed by atoms with Gasteiger partial charge in [-0.1, -0.05) is 0 Å². The average molecular weight is 285 g/mol. The molecule has 0 saturated heterocycles. The van der Waals surface area contributed by atoms with Crippen LogP contribution in [-0.4, -0.2) is 18.8 Å². The van der Waals surface area contributed by atoms with E-state index in [1.807, 2.05) is 0 Å². The molecule has 4 nitrogen and oxygen atoms in total. The summed E-state index contributed by atoms with van der Waals surface area (Å²) in [5, 5.41) is 2.48. The number of rotatable bonds is 4. The van der Waals surface area contributed by atoms with Crippen LogP contribution in [0.1, 0.15) is 6.42 Å². The molecular formula is C10H12ClF3N2O2. The summed E-state index contributed by atoms with van der Waals surface area (Å²) < 4.78 is 39.2. The quantitative estimate of drug-likeness (QED) is 0.891. The van der Waals surface area contributed by atoms with E-state index in [0.717, 1.165) is 12.1 Å². The van der Waals surface area contributed by atoms with Crippen LogP contribution in [0.5, 0.6) is 5.75 Å². The lowest BCUT2D eigenvalue weighted by Crippen LogP contribution is -2.17. The highest BCUT2D eigenvalue weighted by atomic mass is 35.5. The molecule has 102 valence electrons. The van der Waals surface area contributed by atoms with Gasteiger partial charge in [0.25, 0.3) is 0 Å². The summed E-state index contributed by atoms with van der Waals surface area (Å²) in [4.78, 5) is 11.1. The van der Waals surface area contributed by atoms with Gasteiger partial charge in [0.15, 0.2) is 0 Å². The van der Waals surface area contributed by atoms with Crippen LogP contribution in [0.15, 0.2) is 24.3 Å². The zero-order valence-corrected chi connectivity index (χ0v) is 9.98. The van der Waals surface area contributed by atoms with Crippen molar-refractivity contribution in [3.05, 3.63) is 24.3 Å². The first-order valence-electron chi connectivity index (χ1n) is 4.76. The van der Waals surface area contributed by atoms with Crippen LogP contribution < -0.4 is 15.8 Å². The Morgan fingerprint density at radius 3 is 2.28 bits per heavy atom. The van der Waals surface area contributed by atoms with Gasteiger partial charge in [0, 0.05) is 18.7 Å². The summed E-state index contributed by atoms with van der Waals surface area (Å²) in [7, 11) is 0. The van der Waals surface area contributed by atoms with Crippen molar-refractivity contribution < 1.29 is 22.7 Å². The lowest BCUT2D eigenvalue weighted by atomic mass is 10.3. The Morgan fingerprint density at radius 2 is 1.83 bits per heavy atom. The number of nitrogens with one attached hydrogen (secondary N) is 1. The number of benzene rings is 1. The number of halogens is 4. The van der Waals surface area contributed by atoms with Gasteiger partial charge in [0.05, 0.1) is 0 Å². The van der Waals surface area contributed by atoms with Gasteiger partial charge < -0.3 is 15.8 Å². The Hall–Kier alpha value is -1.47. The van der Waals surface area contributed by atoms with Crippen LogP contribution in [-0.2, 0) is 4.79 Å². The Bertz CT molecular complexity index is 382. The lowest BCUT2D eigenvalue weighted by Gasteiger charge is -2.09. The molecule has 1 aromatic rings. The van der Waals surface area contributed by atoms with Crippen molar-refractivity contribution in [1.29, 1.82) is 0 Å². The van der Waals surface area contributed by atoms with Gasteiger partial charge in [-0.2, -0.15) is 0 Å². The van der Waals surface area contributed by atoms with Crippen molar-refractivity contribution in [2.24, 2.45) is 5.73 Å². The van der Waals surface area contributed by atoms with Crippen molar-refractivity contribution in [2.45, 2.75) is 12.8 Å². The largest absolute Gasteiger partial charge is 0.573 e. The van der Waals surface area contributed by atoms with E-state index in [0.29, 0.717) is 5.69 Å². The Morgan fingerprint density at radius 1 is 1.28 bits per heavy atom. The molecule has 0 saturated carbocycles. The summed E-state index contributed by atoms with van der Waals surface area (Å²) >= 11 is 0. The van der Waals surface area contributed by atoms with Gasteiger partial charge in [-0.25, -0.2) is 0 Å². The molecular weight excluding hydrogens is 273 g/mol. The monoisotopic (exact) mass is 284 g/mol. The predicted octanol–water partition coefficient (Wildman–Crippen LogP) is 2.29. The zero-order chi connectivity index (χ0) is 12.9. The molecule has 0 aliphatic carbocycles. The minimum Gasteiger partial charge on any atom is -0.406 e. The maximum Gasteiger partial charge on any atom is 0.573 e. The van der Waals surface area contributed by atoms with Gasteiger partial charge in [-0.15, -0.1) is 25.6 Å². The molecule has 0 radical (unpaired) electrons. The van der Waals surface area contributed by atoms with Gasteiger partial charge in [-0.3, -0.25) is 4.79 Å². The highest BCUT2D eigenvalue weighted by Gasteiger charge is 2.30. The van der Waals surface area contributed by atoms with Crippen LogP contribution in [0, 0.1) is 0 Å². The van der Waals surface area contributed by atoms with E-state index in [4.69, 9.17) is 5.73 Å². The maximum absolute atomic E-state index is 11.8. The minimum absolute atomic E-state index is 0. The lowest BCUT2D eigenvalue weighted by molar-refractivity contribution is -0.274. The number of carbonyl (C=O) groups excluding carboxylic acids is 1. The first-order valence-corrected chi connectivity index (χ1v) is 4.76.